The number of anilines is 2. The summed E-state index contributed by atoms with van der Waals surface area (Å²) in [5, 5.41) is 12.7. The van der Waals surface area contributed by atoms with Crippen molar-refractivity contribution in [2.24, 2.45) is 7.05 Å². The third kappa shape index (κ3) is 2.90. The van der Waals surface area contributed by atoms with E-state index >= 15 is 0 Å². The number of para-hydroxylation sites is 1. The number of nitrogens with one attached hydrogen (secondary N) is 1. The lowest BCUT2D eigenvalue weighted by Crippen LogP contribution is -2.12. The van der Waals surface area contributed by atoms with Crippen LogP contribution in [-0.4, -0.2) is 39.3 Å². The van der Waals surface area contributed by atoms with Gasteiger partial charge in [-0.25, -0.2) is 15.0 Å². The molecule has 0 amide bonds. The fourth-order valence-corrected chi connectivity index (χ4v) is 3.55. The second-order valence-electron chi connectivity index (χ2n) is 6.56. The highest BCUT2D eigenvalue weighted by atomic mass is 79.9. The standard InChI is InChI=1S/C19H14BrN9O/c1-10-12(8-23-28(10)2)16-26-17-11-4-3-5-13(20)15(11)25-19(29(17)27-16)24-14-9-21-6-7-22-18(14)30/h3-9H,1-2H3,(H,22,24,25,30). The van der Waals surface area contributed by atoms with E-state index < -0.39 is 5.56 Å². The Morgan fingerprint density at radius 2 is 2.00 bits per heavy atom. The summed E-state index contributed by atoms with van der Waals surface area (Å²) in [5.41, 5.74) is 2.74. The highest BCUT2D eigenvalue weighted by molar-refractivity contribution is 9.10. The van der Waals surface area contributed by atoms with Crippen LogP contribution < -0.4 is 10.9 Å². The highest BCUT2D eigenvalue weighted by Gasteiger charge is 2.18. The SMILES string of the molecule is Cc1c(-c2nc3c4cccc(Br)c4nc(Nc4cnccnc4=O)n3n2)cnn1C. The van der Waals surface area contributed by atoms with Crippen molar-refractivity contribution in [2.45, 2.75) is 6.92 Å². The van der Waals surface area contributed by atoms with E-state index in [1.807, 2.05) is 32.2 Å². The summed E-state index contributed by atoms with van der Waals surface area (Å²) in [5.74, 6) is 0.826. The van der Waals surface area contributed by atoms with Gasteiger partial charge in [0.2, 0.25) is 5.95 Å². The summed E-state index contributed by atoms with van der Waals surface area (Å²) in [7, 11) is 1.86. The predicted octanol–water partition coefficient (Wildman–Crippen LogP) is 2.64. The van der Waals surface area contributed by atoms with E-state index in [9.17, 15) is 4.79 Å². The van der Waals surface area contributed by atoms with Crippen LogP contribution in [0.2, 0.25) is 0 Å². The summed E-state index contributed by atoms with van der Waals surface area (Å²) >= 11 is 3.54. The molecule has 0 aliphatic carbocycles. The Kier molecular flexibility index (Phi) is 4.24. The monoisotopic (exact) mass is 463 g/mol. The summed E-state index contributed by atoms with van der Waals surface area (Å²) < 4.78 is 4.13. The molecule has 4 heterocycles. The largest absolute Gasteiger partial charge is 0.318 e. The van der Waals surface area contributed by atoms with Gasteiger partial charge in [0.15, 0.2) is 11.5 Å². The van der Waals surface area contributed by atoms with Crippen LogP contribution in [0.1, 0.15) is 5.69 Å². The van der Waals surface area contributed by atoms with Gasteiger partial charge in [0.1, 0.15) is 5.69 Å². The van der Waals surface area contributed by atoms with Gasteiger partial charge in [-0.3, -0.25) is 14.5 Å². The molecule has 30 heavy (non-hydrogen) atoms. The number of hydrogen-bond acceptors (Lipinski definition) is 8. The fraction of sp³-hybridized carbons (Fsp3) is 0.105. The van der Waals surface area contributed by atoms with Gasteiger partial charge in [-0.1, -0.05) is 6.07 Å². The Morgan fingerprint density at radius 3 is 2.80 bits per heavy atom. The lowest BCUT2D eigenvalue weighted by molar-refractivity contribution is 0.740. The molecule has 0 bridgehead atoms. The zero-order valence-corrected chi connectivity index (χ0v) is 17.5. The minimum atomic E-state index is -0.460. The molecule has 1 aromatic carbocycles. The summed E-state index contributed by atoms with van der Waals surface area (Å²) in [6.07, 6.45) is 5.90. The van der Waals surface area contributed by atoms with Gasteiger partial charge in [0.25, 0.3) is 5.56 Å². The average Bonchev–Trinajstić information content (AvgIpc) is 3.25. The first kappa shape index (κ1) is 18.3. The summed E-state index contributed by atoms with van der Waals surface area (Å²) in [4.78, 5) is 29.5. The van der Waals surface area contributed by atoms with Crippen LogP contribution in [0.25, 0.3) is 27.9 Å². The lowest BCUT2D eigenvalue weighted by atomic mass is 10.2. The number of halogens is 1. The molecule has 10 nitrogen and oxygen atoms in total. The first-order valence-corrected chi connectivity index (χ1v) is 9.73. The van der Waals surface area contributed by atoms with Crippen LogP contribution in [0, 0.1) is 6.92 Å². The van der Waals surface area contributed by atoms with Crippen molar-refractivity contribution in [3.8, 4) is 11.4 Å². The lowest BCUT2D eigenvalue weighted by Gasteiger charge is -2.08. The molecular weight excluding hydrogens is 450 g/mol. The van der Waals surface area contributed by atoms with Gasteiger partial charge in [-0.05, 0) is 35.0 Å². The quantitative estimate of drug-likeness (QED) is 0.433. The number of hydrogen-bond donors (Lipinski definition) is 1. The molecule has 0 aliphatic heterocycles. The minimum Gasteiger partial charge on any atom is -0.318 e. The minimum absolute atomic E-state index is 0.176. The van der Waals surface area contributed by atoms with Crippen LogP contribution in [0.4, 0.5) is 11.6 Å². The molecule has 148 valence electrons. The molecule has 1 N–H and O–H groups in total. The Morgan fingerprint density at radius 1 is 1.13 bits per heavy atom. The summed E-state index contributed by atoms with van der Waals surface area (Å²) in [6.45, 7) is 1.95. The smallest absolute Gasteiger partial charge is 0.295 e. The van der Waals surface area contributed by atoms with Crippen molar-refractivity contribution in [3.05, 3.63) is 63.5 Å². The van der Waals surface area contributed by atoms with Crippen LogP contribution >= 0.6 is 15.9 Å². The van der Waals surface area contributed by atoms with Crippen molar-refractivity contribution < 1.29 is 0 Å². The Labute approximate surface area is 177 Å². The molecule has 0 saturated carbocycles. The van der Waals surface area contributed by atoms with Crippen molar-refractivity contribution >= 4 is 44.1 Å². The summed E-state index contributed by atoms with van der Waals surface area (Å²) in [6, 6.07) is 5.72. The first-order chi connectivity index (χ1) is 14.5. The molecule has 0 fully saturated rings. The second kappa shape index (κ2) is 6.95. The van der Waals surface area contributed by atoms with E-state index in [2.05, 4.69) is 46.4 Å². The second-order valence-corrected chi connectivity index (χ2v) is 7.41. The Bertz CT molecular complexity index is 1490. The highest BCUT2D eigenvalue weighted by Crippen LogP contribution is 2.29. The molecular formula is C19H14BrN9O. The van der Waals surface area contributed by atoms with E-state index in [0.29, 0.717) is 22.9 Å². The van der Waals surface area contributed by atoms with Gasteiger partial charge in [-0.2, -0.15) is 9.61 Å². The van der Waals surface area contributed by atoms with Gasteiger partial charge in [0.05, 0.1) is 23.5 Å². The molecule has 5 aromatic rings. The van der Waals surface area contributed by atoms with Crippen molar-refractivity contribution in [3.63, 3.8) is 0 Å². The van der Waals surface area contributed by atoms with E-state index in [-0.39, 0.29) is 5.69 Å². The zero-order valence-electron chi connectivity index (χ0n) is 15.9. The van der Waals surface area contributed by atoms with Crippen molar-refractivity contribution in [1.82, 2.24) is 39.3 Å². The van der Waals surface area contributed by atoms with E-state index in [1.165, 1.54) is 18.6 Å². The van der Waals surface area contributed by atoms with E-state index in [1.54, 1.807) is 15.4 Å². The number of rotatable bonds is 3. The topological polar surface area (TPSA) is 116 Å². The average molecular weight is 464 g/mol. The van der Waals surface area contributed by atoms with Gasteiger partial charge in [-0.15, -0.1) is 5.10 Å². The third-order valence-corrected chi connectivity index (χ3v) is 5.39. The maximum absolute atomic E-state index is 12.3. The third-order valence-electron chi connectivity index (χ3n) is 4.75. The molecule has 11 heteroatoms. The number of benzene rings is 1. The maximum Gasteiger partial charge on any atom is 0.295 e. The Balaban J connectivity index is 1.80. The van der Waals surface area contributed by atoms with Crippen LogP contribution in [0.15, 0.2) is 52.3 Å². The Hall–Kier alpha value is -3.73. The molecule has 0 saturated heterocycles. The molecule has 0 atom stereocenters. The van der Waals surface area contributed by atoms with Crippen molar-refractivity contribution in [1.29, 1.82) is 0 Å². The first-order valence-electron chi connectivity index (χ1n) is 8.94. The van der Waals surface area contributed by atoms with Gasteiger partial charge in [0, 0.05) is 35.0 Å². The van der Waals surface area contributed by atoms with E-state index in [4.69, 9.17) is 4.98 Å². The normalized spacial score (nSPS) is 11.3. The van der Waals surface area contributed by atoms with Crippen LogP contribution in [0.5, 0.6) is 0 Å². The number of aromatic nitrogens is 8. The number of nitrogens with zero attached hydrogens (tertiary/aromatic N) is 8. The fourth-order valence-electron chi connectivity index (χ4n) is 3.10. The van der Waals surface area contributed by atoms with Crippen LogP contribution in [-0.2, 0) is 7.05 Å². The molecule has 4 aromatic heterocycles. The number of aryl methyl sites for hydroxylation is 1. The van der Waals surface area contributed by atoms with Crippen LogP contribution in [0.3, 0.4) is 0 Å². The van der Waals surface area contributed by atoms with Gasteiger partial charge < -0.3 is 5.32 Å². The van der Waals surface area contributed by atoms with Crippen molar-refractivity contribution in [2.75, 3.05) is 5.32 Å². The molecule has 0 unspecified atom stereocenters. The molecule has 0 radical (unpaired) electrons. The zero-order chi connectivity index (χ0) is 20.8. The molecule has 0 spiro atoms. The maximum atomic E-state index is 12.3. The predicted molar refractivity (Wildman–Crippen MR) is 115 cm³/mol. The number of fused-ring (bicyclic) bond motifs is 3. The van der Waals surface area contributed by atoms with E-state index in [0.717, 1.165) is 21.1 Å². The molecule has 0 aliphatic rings. The van der Waals surface area contributed by atoms with Gasteiger partial charge >= 0.3 is 0 Å². The molecule has 5 rings (SSSR count).